The fraction of sp³-hybridized carbons (Fsp3) is 0.591. The van der Waals surface area contributed by atoms with E-state index in [-0.39, 0.29) is 11.8 Å². The summed E-state index contributed by atoms with van der Waals surface area (Å²) in [6.45, 7) is 8.63. The molecule has 0 aromatic heterocycles. The molecule has 0 unspecified atom stereocenters. The van der Waals surface area contributed by atoms with Crippen LogP contribution in [0.15, 0.2) is 29.3 Å². The summed E-state index contributed by atoms with van der Waals surface area (Å²) >= 11 is 0. The van der Waals surface area contributed by atoms with Gasteiger partial charge in [0, 0.05) is 44.7 Å². The van der Waals surface area contributed by atoms with E-state index in [0.29, 0.717) is 25.1 Å². The summed E-state index contributed by atoms with van der Waals surface area (Å²) < 4.78 is 0. The lowest BCUT2D eigenvalue weighted by Crippen LogP contribution is -2.39. The molecule has 1 aromatic carbocycles. The molecule has 29 heavy (non-hydrogen) atoms. The largest absolute Gasteiger partial charge is 0.357 e. The summed E-state index contributed by atoms with van der Waals surface area (Å²) in [6.07, 6.45) is 4.63. The SMILES string of the molecule is CCCCNC(=O)c1ccc(CN=C(NCC)NCCCN2CCCC2=O)cc1. The first-order valence-electron chi connectivity index (χ1n) is 10.8. The Kier molecular flexibility index (Phi) is 10.0. The molecule has 0 aliphatic carbocycles. The van der Waals surface area contributed by atoms with Gasteiger partial charge in [0.25, 0.3) is 5.91 Å². The van der Waals surface area contributed by atoms with Crippen LogP contribution < -0.4 is 16.0 Å². The maximum Gasteiger partial charge on any atom is 0.251 e. The van der Waals surface area contributed by atoms with Crippen LogP contribution in [-0.4, -0.2) is 55.4 Å². The van der Waals surface area contributed by atoms with Crippen molar-refractivity contribution in [3.8, 4) is 0 Å². The molecule has 160 valence electrons. The lowest BCUT2D eigenvalue weighted by atomic mass is 10.1. The Labute approximate surface area is 174 Å². The van der Waals surface area contributed by atoms with Gasteiger partial charge in [0.1, 0.15) is 0 Å². The van der Waals surface area contributed by atoms with Gasteiger partial charge in [0.2, 0.25) is 5.91 Å². The Morgan fingerprint density at radius 3 is 2.48 bits per heavy atom. The molecule has 1 aromatic rings. The quantitative estimate of drug-likeness (QED) is 0.302. The maximum atomic E-state index is 12.1. The number of unbranched alkanes of at least 4 members (excludes halogenated alkanes) is 1. The minimum Gasteiger partial charge on any atom is -0.357 e. The topological polar surface area (TPSA) is 85.8 Å². The van der Waals surface area contributed by atoms with Crippen molar-refractivity contribution in [2.45, 2.75) is 52.5 Å². The minimum atomic E-state index is -0.0278. The predicted octanol–water partition coefficient (Wildman–Crippen LogP) is 2.28. The second-order valence-corrected chi connectivity index (χ2v) is 7.27. The third-order valence-corrected chi connectivity index (χ3v) is 4.86. The van der Waals surface area contributed by atoms with Gasteiger partial charge in [-0.3, -0.25) is 9.59 Å². The number of guanidine groups is 1. The van der Waals surface area contributed by atoms with Gasteiger partial charge in [-0.15, -0.1) is 0 Å². The highest BCUT2D eigenvalue weighted by Gasteiger charge is 2.18. The molecule has 0 spiro atoms. The maximum absolute atomic E-state index is 12.1. The smallest absolute Gasteiger partial charge is 0.251 e. The van der Waals surface area contributed by atoms with E-state index in [1.165, 1.54) is 0 Å². The number of carbonyl (C=O) groups is 2. The van der Waals surface area contributed by atoms with Crippen LogP contribution >= 0.6 is 0 Å². The zero-order valence-electron chi connectivity index (χ0n) is 17.8. The number of benzene rings is 1. The van der Waals surface area contributed by atoms with Gasteiger partial charge >= 0.3 is 0 Å². The van der Waals surface area contributed by atoms with Gasteiger partial charge in [0.05, 0.1) is 6.54 Å². The average Bonchev–Trinajstić information content (AvgIpc) is 3.14. The van der Waals surface area contributed by atoms with Crippen molar-refractivity contribution >= 4 is 17.8 Å². The van der Waals surface area contributed by atoms with Crippen LogP contribution in [0.2, 0.25) is 0 Å². The van der Waals surface area contributed by atoms with Crippen molar-refractivity contribution in [3.05, 3.63) is 35.4 Å². The summed E-state index contributed by atoms with van der Waals surface area (Å²) in [5.74, 6) is 1.01. The molecular formula is C22H35N5O2. The van der Waals surface area contributed by atoms with E-state index in [4.69, 9.17) is 0 Å². The van der Waals surface area contributed by atoms with Crippen molar-refractivity contribution in [3.63, 3.8) is 0 Å². The van der Waals surface area contributed by atoms with Gasteiger partial charge in [0.15, 0.2) is 5.96 Å². The van der Waals surface area contributed by atoms with E-state index in [0.717, 1.165) is 63.4 Å². The van der Waals surface area contributed by atoms with E-state index >= 15 is 0 Å². The highest BCUT2D eigenvalue weighted by molar-refractivity contribution is 5.94. The number of nitrogens with zero attached hydrogens (tertiary/aromatic N) is 2. The van der Waals surface area contributed by atoms with E-state index < -0.39 is 0 Å². The van der Waals surface area contributed by atoms with Crippen LogP contribution in [0.4, 0.5) is 0 Å². The lowest BCUT2D eigenvalue weighted by molar-refractivity contribution is -0.127. The summed E-state index contributed by atoms with van der Waals surface area (Å²) in [4.78, 5) is 30.3. The summed E-state index contributed by atoms with van der Waals surface area (Å²) in [6, 6.07) is 7.58. The monoisotopic (exact) mass is 401 g/mol. The van der Waals surface area contributed by atoms with Gasteiger partial charge in [-0.05, 0) is 43.9 Å². The van der Waals surface area contributed by atoms with Gasteiger partial charge in [-0.25, -0.2) is 4.99 Å². The molecule has 1 aliphatic rings. The Bertz CT molecular complexity index is 672. The number of aliphatic imine (C=N–C) groups is 1. The second kappa shape index (κ2) is 12.8. The number of carbonyl (C=O) groups excluding carboxylic acids is 2. The van der Waals surface area contributed by atoms with E-state index in [9.17, 15) is 9.59 Å². The first-order valence-corrected chi connectivity index (χ1v) is 10.8. The number of nitrogens with one attached hydrogen (secondary N) is 3. The summed E-state index contributed by atoms with van der Waals surface area (Å²) in [5, 5.41) is 9.49. The van der Waals surface area contributed by atoms with Crippen molar-refractivity contribution in [1.29, 1.82) is 0 Å². The Morgan fingerprint density at radius 1 is 1.07 bits per heavy atom. The van der Waals surface area contributed by atoms with Crippen LogP contribution in [0.1, 0.15) is 61.9 Å². The molecule has 0 bridgehead atoms. The fourth-order valence-corrected chi connectivity index (χ4v) is 3.17. The number of hydrogen-bond donors (Lipinski definition) is 3. The molecule has 2 rings (SSSR count). The zero-order valence-corrected chi connectivity index (χ0v) is 17.8. The van der Waals surface area contributed by atoms with E-state index in [1.54, 1.807) is 0 Å². The standard InChI is InChI=1S/C22H35N5O2/c1-3-5-13-24-21(29)19-11-9-18(10-12-19)17-26-22(23-4-2)25-14-7-16-27-15-6-8-20(27)28/h9-12H,3-8,13-17H2,1-2H3,(H,24,29)(H2,23,25,26). The average molecular weight is 402 g/mol. The molecule has 0 saturated carbocycles. The predicted molar refractivity (Wildman–Crippen MR) is 117 cm³/mol. The van der Waals surface area contributed by atoms with Crippen LogP contribution in [0, 0.1) is 0 Å². The minimum absolute atomic E-state index is 0.0278. The molecule has 1 fully saturated rings. The third-order valence-electron chi connectivity index (χ3n) is 4.86. The van der Waals surface area contributed by atoms with Gasteiger partial charge < -0.3 is 20.9 Å². The fourth-order valence-electron chi connectivity index (χ4n) is 3.17. The third kappa shape index (κ3) is 8.13. The molecule has 7 heteroatoms. The molecule has 0 atom stereocenters. The number of rotatable bonds is 11. The molecular weight excluding hydrogens is 366 g/mol. The number of amides is 2. The highest BCUT2D eigenvalue weighted by atomic mass is 16.2. The molecule has 0 radical (unpaired) electrons. The van der Waals surface area contributed by atoms with Crippen LogP contribution in [0.5, 0.6) is 0 Å². The van der Waals surface area contributed by atoms with Crippen molar-refractivity contribution in [1.82, 2.24) is 20.9 Å². The molecule has 1 saturated heterocycles. The Hall–Kier alpha value is -2.57. The second-order valence-electron chi connectivity index (χ2n) is 7.27. The number of hydrogen-bond acceptors (Lipinski definition) is 3. The lowest BCUT2D eigenvalue weighted by Gasteiger charge is -2.16. The highest BCUT2D eigenvalue weighted by Crippen LogP contribution is 2.09. The van der Waals surface area contributed by atoms with Crippen molar-refractivity contribution in [2.24, 2.45) is 4.99 Å². The van der Waals surface area contributed by atoms with Crippen LogP contribution in [0.3, 0.4) is 0 Å². The van der Waals surface area contributed by atoms with E-state index in [1.807, 2.05) is 36.1 Å². The van der Waals surface area contributed by atoms with Gasteiger partial charge in [-0.2, -0.15) is 0 Å². The van der Waals surface area contributed by atoms with Crippen LogP contribution in [-0.2, 0) is 11.3 Å². The molecule has 1 heterocycles. The molecule has 1 aliphatic heterocycles. The van der Waals surface area contributed by atoms with Crippen molar-refractivity contribution in [2.75, 3.05) is 32.7 Å². The molecule has 3 N–H and O–H groups in total. The molecule has 7 nitrogen and oxygen atoms in total. The molecule has 2 amide bonds. The van der Waals surface area contributed by atoms with Crippen LogP contribution in [0.25, 0.3) is 0 Å². The Morgan fingerprint density at radius 2 is 1.83 bits per heavy atom. The van der Waals surface area contributed by atoms with Gasteiger partial charge in [-0.1, -0.05) is 25.5 Å². The first-order chi connectivity index (χ1) is 14.1. The zero-order chi connectivity index (χ0) is 20.9. The summed E-state index contributed by atoms with van der Waals surface area (Å²) in [5.41, 5.74) is 1.73. The Balaban J connectivity index is 1.77. The summed E-state index contributed by atoms with van der Waals surface area (Å²) in [7, 11) is 0. The normalized spacial score (nSPS) is 14.2. The van der Waals surface area contributed by atoms with Crippen molar-refractivity contribution < 1.29 is 9.59 Å². The van der Waals surface area contributed by atoms with E-state index in [2.05, 4.69) is 27.9 Å². The number of likely N-dealkylation sites (tertiary alicyclic amines) is 1. The first kappa shape index (κ1) is 22.7.